The SMILES string of the molecule is CC[C@@H](NC(=O)[C@H](C)Oc1cc(C)c(Cl)c(C)c1)c1ccc(C)cc1C. The van der Waals surface area contributed by atoms with Crippen LogP contribution in [-0.4, -0.2) is 12.0 Å². The molecule has 0 heterocycles. The Bertz CT molecular complexity index is 778. The van der Waals surface area contributed by atoms with Crippen molar-refractivity contribution in [3.63, 3.8) is 0 Å². The third-order valence-corrected chi connectivity index (χ3v) is 5.21. The molecule has 140 valence electrons. The van der Waals surface area contributed by atoms with Gasteiger partial charge in [0.15, 0.2) is 6.10 Å². The molecule has 0 saturated carbocycles. The lowest BCUT2D eigenvalue weighted by atomic mass is 9.97. The van der Waals surface area contributed by atoms with Crippen molar-refractivity contribution < 1.29 is 9.53 Å². The minimum Gasteiger partial charge on any atom is -0.481 e. The van der Waals surface area contributed by atoms with E-state index in [-0.39, 0.29) is 11.9 Å². The fourth-order valence-corrected chi connectivity index (χ4v) is 3.25. The summed E-state index contributed by atoms with van der Waals surface area (Å²) in [6.45, 7) is 11.9. The number of aryl methyl sites for hydroxylation is 4. The molecule has 2 aromatic carbocycles. The number of amides is 1. The molecule has 26 heavy (non-hydrogen) atoms. The van der Waals surface area contributed by atoms with Crippen LogP contribution in [0.4, 0.5) is 0 Å². The Morgan fingerprint density at radius 1 is 1.08 bits per heavy atom. The van der Waals surface area contributed by atoms with E-state index in [0.717, 1.165) is 28.1 Å². The number of hydrogen-bond donors (Lipinski definition) is 1. The second kappa shape index (κ2) is 8.59. The fourth-order valence-electron chi connectivity index (χ4n) is 3.14. The third-order valence-electron chi connectivity index (χ3n) is 4.62. The van der Waals surface area contributed by atoms with Gasteiger partial charge in [0.05, 0.1) is 6.04 Å². The van der Waals surface area contributed by atoms with Gasteiger partial charge >= 0.3 is 0 Å². The van der Waals surface area contributed by atoms with Gasteiger partial charge in [0.2, 0.25) is 0 Å². The molecule has 0 aliphatic heterocycles. The highest BCUT2D eigenvalue weighted by Gasteiger charge is 2.20. The number of hydrogen-bond acceptors (Lipinski definition) is 2. The van der Waals surface area contributed by atoms with Crippen LogP contribution < -0.4 is 10.1 Å². The summed E-state index contributed by atoms with van der Waals surface area (Å²) in [6, 6.07) is 10.0. The standard InChI is InChI=1S/C22H28ClNO2/c1-7-20(19-9-8-13(2)10-14(19)3)24-22(25)17(6)26-18-11-15(4)21(23)16(5)12-18/h8-12,17,20H,7H2,1-6H3,(H,24,25)/t17-,20+/m0/s1. The van der Waals surface area contributed by atoms with E-state index in [1.165, 1.54) is 11.1 Å². The van der Waals surface area contributed by atoms with Crippen molar-refractivity contribution in [2.45, 2.75) is 60.1 Å². The first-order valence-electron chi connectivity index (χ1n) is 9.03. The van der Waals surface area contributed by atoms with E-state index in [1.807, 2.05) is 26.0 Å². The highest BCUT2D eigenvalue weighted by atomic mass is 35.5. The quantitative estimate of drug-likeness (QED) is 0.714. The number of carbonyl (C=O) groups excluding carboxylic acids is 1. The van der Waals surface area contributed by atoms with E-state index < -0.39 is 6.10 Å². The molecule has 1 N–H and O–H groups in total. The lowest BCUT2D eigenvalue weighted by molar-refractivity contribution is -0.128. The van der Waals surface area contributed by atoms with Crippen molar-refractivity contribution in [1.29, 1.82) is 0 Å². The van der Waals surface area contributed by atoms with Crippen LogP contribution in [-0.2, 0) is 4.79 Å². The Morgan fingerprint density at radius 2 is 1.69 bits per heavy atom. The predicted octanol–water partition coefficient (Wildman–Crippen LogP) is 5.61. The summed E-state index contributed by atoms with van der Waals surface area (Å²) in [5.74, 6) is 0.536. The van der Waals surface area contributed by atoms with Gasteiger partial charge in [-0.3, -0.25) is 4.79 Å². The first-order valence-corrected chi connectivity index (χ1v) is 9.41. The van der Waals surface area contributed by atoms with Gasteiger partial charge < -0.3 is 10.1 Å². The smallest absolute Gasteiger partial charge is 0.261 e. The lowest BCUT2D eigenvalue weighted by Gasteiger charge is -2.23. The predicted molar refractivity (Wildman–Crippen MR) is 108 cm³/mol. The second-order valence-corrected chi connectivity index (χ2v) is 7.34. The highest BCUT2D eigenvalue weighted by Crippen LogP contribution is 2.27. The van der Waals surface area contributed by atoms with Crippen molar-refractivity contribution in [2.24, 2.45) is 0 Å². The average Bonchev–Trinajstić information content (AvgIpc) is 2.57. The van der Waals surface area contributed by atoms with Gasteiger partial charge in [-0.1, -0.05) is 42.3 Å². The van der Waals surface area contributed by atoms with Gasteiger partial charge in [0.25, 0.3) is 5.91 Å². The molecule has 0 radical (unpaired) electrons. The first-order chi connectivity index (χ1) is 12.2. The molecule has 0 spiro atoms. The van der Waals surface area contributed by atoms with Gasteiger partial charge in [-0.05, 0) is 75.4 Å². The number of ether oxygens (including phenoxy) is 1. The Morgan fingerprint density at radius 3 is 2.23 bits per heavy atom. The first kappa shape index (κ1) is 20.3. The maximum absolute atomic E-state index is 12.6. The number of rotatable bonds is 6. The second-order valence-electron chi connectivity index (χ2n) is 6.96. The van der Waals surface area contributed by atoms with E-state index in [1.54, 1.807) is 6.92 Å². The summed E-state index contributed by atoms with van der Waals surface area (Å²) in [4.78, 5) is 12.6. The summed E-state index contributed by atoms with van der Waals surface area (Å²) < 4.78 is 5.85. The monoisotopic (exact) mass is 373 g/mol. The van der Waals surface area contributed by atoms with E-state index in [0.29, 0.717) is 5.75 Å². The van der Waals surface area contributed by atoms with Crippen LogP contribution in [0.15, 0.2) is 30.3 Å². The molecule has 2 aromatic rings. The van der Waals surface area contributed by atoms with Crippen molar-refractivity contribution in [3.8, 4) is 5.75 Å². The average molecular weight is 374 g/mol. The van der Waals surface area contributed by atoms with Crippen LogP contribution in [0, 0.1) is 27.7 Å². The number of nitrogens with one attached hydrogen (secondary N) is 1. The van der Waals surface area contributed by atoms with Crippen LogP contribution in [0.2, 0.25) is 5.02 Å². The lowest BCUT2D eigenvalue weighted by Crippen LogP contribution is -2.38. The molecule has 3 nitrogen and oxygen atoms in total. The Balaban J connectivity index is 2.10. The van der Waals surface area contributed by atoms with Crippen molar-refractivity contribution in [3.05, 3.63) is 63.2 Å². The fraction of sp³-hybridized carbons (Fsp3) is 0.409. The summed E-state index contributed by atoms with van der Waals surface area (Å²) in [5, 5.41) is 3.85. The van der Waals surface area contributed by atoms with Gasteiger partial charge in [-0.2, -0.15) is 0 Å². The largest absolute Gasteiger partial charge is 0.481 e. The van der Waals surface area contributed by atoms with Gasteiger partial charge in [-0.15, -0.1) is 0 Å². The minimum atomic E-state index is -0.588. The van der Waals surface area contributed by atoms with E-state index in [2.05, 4.69) is 44.3 Å². The van der Waals surface area contributed by atoms with Crippen LogP contribution in [0.3, 0.4) is 0 Å². The van der Waals surface area contributed by atoms with Crippen LogP contribution in [0.1, 0.15) is 54.1 Å². The van der Waals surface area contributed by atoms with Crippen LogP contribution in [0.25, 0.3) is 0 Å². The Labute approximate surface area is 161 Å². The molecule has 2 rings (SSSR count). The van der Waals surface area contributed by atoms with Gasteiger partial charge in [0, 0.05) is 5.02 Å². The molecule has 0 bridgehead atoms. The highest BCUT2D eigenvalue weighted by molar-refractivity contribution is 6.32. The van der Waals surface area contributed by atoms with E-state index >= 15 is 0 Å². The summed E-state index contributed by atoms with van der Waals surface area (Å²) in [6.07, 6.45) is 0.233. The van der Waals surface area contributed by atoms with Crippen molar-refractivity contribution in [1.82, 2.24) is 5.32 Å². The minimum absolute atomic E-state index is 0.0251. The number of halogens is 1. The molecular formula is C22H28ClNO2. The zero-order valence-electron chi connectivity index (χ0n) is 16.4. The van der Waals surface area contributed by atoms with Gasteiger partial charge in [0.1, 0.15) is 5.75 Å². The van der Waals surface area contributed by atoms with E-state index in [4.69, 9.17) is 16.3 Å². The molecule has 4 heteroatoms. The maximum atomic E-state index is 12.6. The van der Waals surface area contributed by atoms with Crippen molar-refractivity contribution >= 4 is 17.5 Å². The molecule has 0 saturated heterocycles. The summed E-state index contributed by atoms with van der Waals surface area (Å²) in [7, 11) is 0. The molecular weight excluding hydrogens is 346 g/mol. The molecule has 0 aliphatic rings. The molecule has 0 aromatic heterocycles. The normalized spacial score (nSPS) is 13.2. The van der Waals surface area contributed by atoms with Crippen LogP contribution in [0.5, 0.6) is 5.75 Å². The Hall–Kier alpha value is -2.00. The molecule has 0 fully saturated rings. The summed E-state index contributed by atoms with van der Waals surface area (Å²) in [5.41, 5.74) is 5.44. The zero-order chi connectivity index (χ0) is 19.4. The zero-order valence-corrected chi connectivity index (χ0v) is 17.2. The summed E-state index contributed by atoms with van der Waals surface area (Å²) >= 11 is 6.20. The number of benzene rings is 2. The maximum Gasteiger partial charge on any atom is 0.261 e. The van der Waals surface area contributed by atoms with Crippen LogP contribution >= 0.6 is 11.6 Å². The van der Waals surface area contributed by atoms with Crippen molar-refractivity contribution in [2.75, 3.05) is 0 Å². The Kier molecular flexibility index (Phi) is 6.71. The topological polar surface area (TPSA) is 38.3 Å². The molecule has 0 unspecified atom stereocenters. The molecule has 1 amide bonds. The molecule has 2 atom stereocenters. The molecule has 0 aliphatic carbocycles. The third kappa shape index (κ3) is 4.79. The van der Waals surface area contributed by atoms with Gasteiger partial charge in [-0.25, -0.2) is 0 Å². The number of carbonyl (C=O) groups is 1. The van der Waals surface area contributed by atoms with E-state index in [9.17, 15) is 4.79 Å².